The highest BCUT2D eigenvalue weighted by atomic mass is 35.5. The Morgan fingerprint density at radius 2 is 1.93 bits per heavy atom. The van der Waals surface area contributed by atoms with Crippen LogP contribution in [0.3, 0.4) is 0 Å². The van der Waals surface area contributed by atoms with Gasteiger partial charge in [0.05, 0.1) is 11.9 Å². The van der Waals surface area contributed by atoms with Crippen molar-refractivity contribution in [1.82, 2.24) is 19.4 Å². The summed E-state index contributed by atoms with van der Waals surface area (Å²) in [6.45, 7) is 4.04. The molecule has 0 atom stereocenters. The Hall–Kier alpha value is -3.45. The number of rotatable bonds is 3. The summed E-state index contributed by atoms with van der Waals surface area (Å²) in [4.78, 5) is 29.4. The van der Waals surface area contributed by atoms with Crippen LogP contribution in [0.15, 0.2) is 59.8 Å². The van der Waals surface area contributed by atoms with Crippen molar-refractivity contribution in [3.05, 3.63) is 87.1 Å². The maximum Gasteiger partial charge on any atom is 0.283 e. The van der Waals surface area contributed by atoms with Gasteiger partial charge >= 0.3 is 0 Å². The molecule has 28 heavy (non-hydrogen) atoms. The van der Waals surface area contributed by atoms with Gasteiger partial charge in [-0.25, -0.2) is 14.3 Å². The third-order valence-electron chi connectivity index (χ3n) is 4.53. The minimum atomic E-state index is -0.465. The second kappa shape index (κ2) is 6.94. The zero-order valence-electron chi connectivity index (χ0n) is 15.2. The molecule has 8 heteroatoms. The van der Waals surface area contributed by atoms with E-state index in [4.69, 9.17) is 11.6 Å². The van der Waals surface area contributed by atoms with Gasteiger partial charge in [-0.2, -0.15) is 5.10 Å². The molecule has 0 saturated carbocycles. The zero-order valence-corrected chi connectivity index (χ0v) is 15.9. The van der Waals surface area contributed by atoms with Crippen LogP contribution in [0, 0.1) is 13.8 Å². The molecular formula is C20H16ClN5O2. The summed E-state index contributed by atoms with van der Waals surface area (Å²) in [6.07, 6.45) is 2.72. The van der Waals surface area contributed by atoms with Crippen molar-refractivity contribution in [2.45, 2.75) is 13.8 Å². The first-order valence-corrected chi connectivity index (χ1v) is 8.92. The van der Waals surface area contributed by atoms with E-state index in [-0.39, 0.29) is 0 Å². The minimum Gasteiger partial charge on any atom is -0.267 e. The van der Waals surface area contributed by atoms with E-state index in [1.165, 1.54) is 24.2 Å². The summed E-state index contributed by atoms with van der Waals surface area (Å²) in [5.41, 5.74) is 5.94. The van der Waals surface area contributed by atoms with Crippen molar-refractivity contribution in [1.29, 1.82) is 0 Å². The quantitative estimate of drug-likeness (QED) is 0.579. The number of amides is 1. The number of hydrogen-bond donors (Lipinski definition) is 1. The van der Waals surface area contributed by atoms with Crippen molar-refractivity contribution in [3.63, 3.8) is 0 Å². The van der Waals surface area contributed by atoms with E-state index in [0.717, 1.165) is 15.9 Å². The number of fused-ring (bicyclic) bond motifs is 1. The van der Waals surface area contributed by atoms with Crippen molar-refractivity contribution >= 4 is 28.5 Å². The fourth-order valence-corrected chi connectivity index (χ4v) is 3.03. The molecule has 0 bridgehead atoms. The van der Waals surface area contributed by atoms with E-state index >= 15 is 0 Å². The topological polar surface area (TPSA) is 81.8 Å². The van der Waals surface area contributed by atoms with Gasteiger partial charge in [0, 0.05) is 10.6 Å². The van der Waals surface area contributed by atoms with Gasteiger partial charge in [0.2, 0.25) is 0 Å². The molecule has 0 radical (unpaired) electrons. The van der Waals surface area contributed by atoms with E-state index in [0.29, 0.717) is 21.6 Å². The molecular weight excluding hydrogens is 378 g/mol. The lowest BCUT2D eigenvalue weighted by Gasteiger charge is -2.09. The Balaban J connectivity index is 1.71. The van der Waals surface area contributed by atoms with Crippen LogP contribution in [0.25, 0.3) is 16.7 Å². The van der Waals surface area contributed by atoms with E-state index in [1.54, 1.807) is 22.9 Å². The molecule has 7 nitrogen and oxygen atoms in total. The molecule has 2 aromatic heterocycles. The molecule has 1 amide bonds. The first kappa shape index (κ1) is 17.9. The van der Waals surface area contributed by atoms with E-state index in [1.807, 2.05) is 32.0 Å². The van der Waals surface area contributed by atoms with Crippen molar-refractivity contribution in [3.8, 4) is 5.69 Å². The molecule has 0 fully saturated rings. The van der Waals surface area contributed by atoms with E-state index in [2.05, 4.69) is 15.5 Å². The summed E-state index contributed by atoms with van der Waals surface area (Å²) >= 11 is 5.91. The van der Waals surface area contributed by atoms with Gasteiger partial charge in [0.1, 0.15) is 11.7 Å². The SMILES string of the molecule is Cc1ccc(-n2ncc3c(=O)n(NC(=O)c4cccc(Cl)c4)cnc32)cc1C. The number of nitrogens with zero attached hydrogens (tertiary/aromatic N) is 4. The van der Waals surface area contributed by atoms with Crippen LogP contribution >= 0.6 is 11.6 Å². The number of carbonyl (C=O) groups excluding carboxylic acids is 1. The summed E-state index contributed by atoms with van der Waals surface area (Å²) in [6, 6.07) is 12.3. The van der Waals surface area contributed by atoms with Gasteiger partial charge in [-0.05, 0) is 55.3 Å². The molecule has 0 unspecified atom stereocenters. The van der Waals surface area contributed by atoms with Crippen LogP contribution in [0.2, 0.25) is 5.02 Å². The largest absolute Gasteiger partial charge is 0.283 e. The highest BCUT2D eigenvalue weighted by Gasteiger charge is 2.14. The van der Waals surface area contributed by atoms with Crippen LogP contribution in [0.5, 0.6) is 0 Å². The van der Waals surface area contributed by atoms with Gasteiger partial charge in [-0.3, -0.25) is 15.0 Å². The van der Waals surface area contributed by atoms with Gasteiger partial charge in [-0.1, -0.05) is 23.7 Å². The summed E-state index contributed by atoms with van der Waals surface area (Å²) in [7, 11) is 0. The van der Waals surface area contributed by atoms with Crippen molar-refractivity contribution in [2.24, 2.45) is 0 Å². The molecule has 4 aromatic rings. The average molecular weight is 394 g/mol. The second-order valence-corrected chi connectivity index (χ2v) is 6.87. The maximum absolute atomic E-state index is 12.8. The van der Waals surface area contributed by atoms with Gasteiger partial charge in [0.25, 0.3) is 11.5 Å². The third kappa shape index (κ3) is 3.16. The van der Waals surface area contributed by atoms with Crippen LogP contribution in [-0.2, 0) is 0 Å². The number of carbonyl (C=O) groups is 1. The first-order valence-electron chi connectivity index (χ1n) is 8.54. The lowest BCUT2D eigenvalue weighted by molar-refractivity contribution is 0.101. The number of aryl methyl sites for hydroxylation is 2. The summed E-state index contributed by atoms with van der Waals surface area (Å²) in [5, 5.41) is 5.03. The summed E-state index contributed by atoms with van der Waals surface area (Å²) < 4.78 is 2.64. The molecule has 140 valence electrons. The average Bonchev–Trinajstić information content (AvgIpc) is 3.11. The molecule has 2 heterocycles. The Bertz CT molecular complexity index is 1280. The molecule has 0 aliphatic heterocycles. The fraction of sp³-hybridized carbons (Fsp3) is 0.100. The molecule has 4 rings (SSSR count). The number of hydrogen-bond acceptors (Lipinski definition) is 4. The van der Waals surface area contributed by atoms with Crippen LogP contribution in [0.4, 0.5) is 0 Å². The fourth-order valence-electron chi connectivity index (χ4n) is 2.84. The Kier molecular flexibility index (Phi) is 4.44. The normalized spacial score (nSPS) is 11.0. The van der Waals surface area contributed by atoms with Gasteiger partial charge in [0.15, 0.2) is 5.65 Å². The van der Waals surface area contributed by atoms with Gasteiger partial charge < -0.3 is 0 Å². The number of nitrogens with one attached hydrogen (secondary N) is 1. The van der Waals surface area contributed by atoms with E-state index < -0.39 is 11.5 Å². The molecule has 2 aromatic carbocycles. The Morgan fingerprint density at radius 3 is 2.68 bits per heavy atom. The molecule has 1 N–H and O–H groups in total. The second-order valence-electron chi connectivity index (χ2n) is 6.43. The number of aromatic nitrogens is 4. The Labute approximate surface area is 165 Å². The van der Waals surface area contributed by atoms with Crippen LogP contribution < -0.4 is 11.0 Å². The predicted molar refractivity (Wildman–Crippen MR) is 108 cm³/mol. The monoisotopic (exact) mass is 393 g/mol. The maximum atomic E-state index is 12.8. The summed E-state index contributed by atoms with van der Waals surface area (Å²) in [5.74, 6) is -0.465. The van der Waals surface area contributed by atoms with Crippen LogP contribution in [-0.4, -0.2) is 25.3 Å². The molecule has 0 aliphatic carbocycles. The van der Waals surface area contributed by atoms with Gasteiger partial charge in [-0.15, -0.1) is 0 Å². The van der Waals surface area contributed by atoms with Crippen molar-refractivity contribution < 1.29 is 4.79 Å². The lowest BCUT2D eigenvalue weighted by atomic mass is 10.1. The van der Waals surface area contributed by atoms with Crippen molar-refractivity contribution in [2.75, 3.05) is 5.43 Å². The lowest BCUT2D eigenvalue weighted by Crippen LogP contribution is -2.33. The molecule has 0 spiro atoms. The number of benzene rings is 2. The standard InChI is InChI=1S/C20H16ClN5O2/c1-12-6-7-16(8-13(12)2)26-18-17(10-23-26)20(28)25(11-22-18)24-19(27)14-4-3-5-15(21)9-14/h3-11H,1-2H3,(H,24,27). The number of halogens is 1. The van der Waals surface area contributed by atoms with Crippen LogP contribution in [0.1, 0.15) is 21.5 Å². The van der Waals surface area contributed by atoms with E-state index in [9.17, 15) is 9.59 Å². The highest BCUT2D eigenvalue weighted by Crippen LogP contribution is 2.17. The minimum absolute atomic E-state index is 0.298. The molecule has 0 aliphatic rings. The highest BCUT2D eigenvalue weighted by molar-refractivity contribution is 6.31. The third-order valence-corrected chi connectivity index (χ3v) is 4.77. The smallest absolute Gasteiger partial charge is 0.267 e. The predicted octanol–water partition coefficient (Wildman–Crippen LogP) is 3.24. The Morgan fingerprint density at radius 1 is 1.11 bits per heavy atom. The first-order chi connectivity index (χ1) is 13.4. The molecule has 0 saturated heterocycles. The zero-order chi connectivity index (χ0) is 19.8.